The lowest BCUT2D eigenvalue weighted by molar-refractivity contribution is 0.619. The largest absolute Gasteiger partial charge is 0.339 e. The fraction of sp³-hybridized carbons (Fsp3) is 0.231. The number of hydrogen-bond donors (Lipinski definition) is 1. The highest BCUT2D eigenvalue weighted by Crippen LogP contribution is 2.23. The van der Waals surface area contributed by atoms with Crippen molar-refractivity contribution in [3.8, 4) is 6.07 Å². The third-order valence-corrected chi connectivity index (χ3v) is 2.75. The Hall–Kier alpha value is -2.35. The van der Waals surface area contributed by atoms with Crippen LogP contribution in [0.15, 0.2) is 18.2 Å². The lowest BCUT2D eigenvalue weighted by Crippen LogP contribution is -2.01. The quantitative estimate of drug-likeness (QED) is 0.883. The third kappa shape index (κ3) is 2.05. The van der Waals surface area contributed by atoms with E-state index in [-0.39, 0.29) is 5.82 Å². The Morgan fingerprint density at radius 3 is 2.72 bits per heavy atom. The van der Waals surface area contributed by atoms with Crippen molar-refractivity contribution in [2.75, 3.05) is 5.32 Å². The maximum atomic E-state index is 13.2. The van der Waals surface area contributed by atoms with Crippen LogP contribution < -0.4 is 5.32 Å². The van der Waals surface area contributed by atoms with Crippen molar-refractivity contribution in [2.24, 2.45) is 7.05 Å². The molecule has 1 aromatic carbocycles. The van der Waals surface area contributed by atoms with E-state index >= 15 is 0 Å². The molecule has 0 aliphatic rings. The number of aryl methyl sites for hydroxylation is 3. The number of nitriles is 1. The summed E-state index contributed by atoms with van der Waals surface area (Å²) < 4.78 is 14.8. The molecule has 0 bridgehead atoms. The van der Waals surface area contributed by atoms with Gasteiger partial charge in [0.1, 0.15) is 23.3 Å². The number of nitrogens with one attached hydrogen (secondary N) is 1. The molecule has 1 heterocycles. The summed E-state index contributed by atoms with van der Waals surface area (Å²) >= 11 is 0. The molecule has 0 unspecified atom stereocenters. The molecule has 5 heteroatoms. The summed E-state index contributed by atoms with van der Waals surface area (Å²) in [5, 5.41) is 16.4. The van der Waals surface area contributed by atoms with E-state index in [2.05, 4.69) is 16.5 Å². The number of anilines is 2. The lowest BCUT2D eigenvalue weighted by Gasteiger charge is -2.08. The normalized spacial score (nSPS) is 10.2. The zero-order valence-corrected chi connectivity index (χ0v) is 10.5. The molecule has 0 saturated heterocycles. The fourth-order valence-electron chi connectivity index (χ4n) is 1.79. The molecule has 0 aliphatic heterocycles. The monoisotopic (exact) mass is 244 g/mol. The number of aromatic nitrogens is 2. The van der Waals surface area contributed by atoms with E-state index in [1.807, 2.05) is 0 Å². The van der Waals surface area contributed by atoms with Gasteiger partial charge in [0.05, 0.1) is 5.69 Å². The van der Waals surface area contributed by atoms with Gasteiger partial charge < -0.3 is 5.32 Å². The van der Waals surface area contributed by atoms with Crippen LogP contribution in [0.1, 0.15) is 16.8 Å². The zero-order valence-electron chi connectivity index (χ0n) is 10.5. The minimum Gasteiger partial charge on any atom is -0.339 e. The van der Waals surface area contributed by atoms with Gasteiger partial charge in [-0.05, 0) is 37.6 Å². The lowest BCUT2D eigenvalue weighted by atomic mass is 10.2. The molecule has 0 spiro atoms. The Labute approximate surface area is 105 Å². The van der Waals surface area contributed by atoms with Gasteiger partial charge in [0.2, 0.25) is 0 Å². The van der Waals surface area contributed by atoms with Crippen LogP contribution in [0, 0.1) is 31.0 Å². The average Bonchev–Trinajstić information content (AvgIpc) is 2.58. The molecule has 0 atom stereocenters. The molecular weight excluding hydrogens is 231 g/mol. The molecule has 1 aromatic heterocycles. The molecule has 0 radical (unpaired) electrons. The Morgan fingerprint density at radius 1 is 1.39 bits per heavy atom. The highest BCUT2D eigenvalue weighted by molar-refractivity contribution is 5.64. The van der Waals surface area contributed by atoms with Gasteiger partial charge in [-0.25, -0.2) is 4.39 Å². The minimum atomic E-state index is -0.248. The van der Waals surface area contributed by atoms with Crippen LogP contribution in [0.4, 0.5) is 15.9 Å². The van der Waals surface area contributed by atoms with Crippen molar-refractivity contribution in [1.82, 2.24) is 9.78 Å². The van der Waals surface area contributed by atoms with Crippen molar-refractivity contribution in [2.45, 2.75) is 13.8 Å². The molecule has 2 rings (SSSR count). The molecule has 4 nitrogen and oxygen atoms in total. The van der Waals surface area contributed by atoms with Crippen LogP contribution >= 0.6 is 0 Å². The summed E-state index contributed by atoms with van der Waals surface area (Å²) in [6.45, 7) is 3.47. The van der Waals surface area contributed by atoms with Crippen LogP contribution in [-0.4, -0.2) is 9.78 Å². The van der Waals surface area contributed by atoms with Gasteiger partial charge in [0, 0.05) is 12.7 Å². The first kappa shape index (κ1) is 12.1. The summed E-state index contributed by atoms with van der Waals surface area (Å²) in [4.78, 5) is 0. The van der Waals surface area contributed by atoms with E-state index in [0.29, 0.717) is 22.6 Å². The second-order valence-electron chi connectivity index (χ2n) is 4.13. The summed E-state index contributed by atoms with van der Waals surface area (Å²) in [6, 6.07) is 6.83. The molecule has 92 valence electrons. The highest BCUT2D eigenvalue weighted by Gasteiger charge is 2.13. The van der Waals surface area contributed by atoms with Gasteiger partial charge in [-0.1, -0.05) is 0 Å². The van der Waals surface area contributed by atoms with E-state index in [9.17, 15) is 4.39 Å². The van der Waals surface area contributed by atoms with Gasteiger partial charge in [0.25, 0.3) is 0 Å². The number of benzene rings is 1. The van der Waals surface area contributed by atoms with Gasteiger partial charge in [-0.15, -0.1) is 0 Å². The first-order valence-electron chi connectivity index (χ1n) is 5.50. The number of halogens is 1. The topological polar surface area (TPSA) is 53.6 Å². The van der Waals surface area contributed by atoms with Gasteiger partial charge in [-0.3, -0.25) is 4.68 Å². The van der Waals surface area contributed by atoms with Gasteiger partial charge in [-0.2, -0.15) is 10.4 Å². The third-order valence-electron chi connectivity index (χ3n) is 2.75. The van der Waals surface area contributed by atoms with Crippen LogP contribution in [-0.2, 0) is 7.05 Å². The summed E-state index contributed by atoms with van der Waals surface area (Å²) in [6.07, 6.45) is 0. The minimum absolute atomic E-state index is 0.248. The van der Waals surface area contributed by atoms with Crippen molar-refractivity contribution < 1.29 is 4.39 Å². The molecular formula is C13H13FN4. The molecule has 2 aromatic rings. The Balaban J connectivity index is 2.40. The van der Waals surface area contributed by atoms with Gasteiger partial charge in [0.15, 0.2) is 0 Å². The van der Waals surface area contributed by atoms with Gasteiger partial charge >= 0.3 is 0 Å². The second-order valence-corrected chi connectivity index (χ2v) is 4.13. The van der Waals surface area contributed by atoms with Crippen LogP contribution in [0.3, 0.4) is 0 Å². The molecule has 0 saturated carbocycles. The van der Waals surface area contributed by atoms with E-state index in [4.69, 9.17) is 5.26 Å². The standard InChI is InChI=1S/C13H13FN4/c1-8-6-10(4-5-12(8)14)16-13-11(7-15)9(2)17-18(13)3/h4-6,16H,1-3H3. The Kier molecular flexibility index (Phi) is 3.02. The first-order valence-corrected chi connectivity index (χ1v) is 5.50. The Morgan fingerprint density at radius 2 is 2.11 bits per heavy atom. The first-order chi connectivity index (χ1) is 8.52. The van der Waals surface area contributed by atoms with Crippen molar-refractivity contribution >= 4 is 11.5 Å². The maximum Gasteiger partial charge on any atom is 0.146 e. The predicted octanol–water partition coefficient (Wildman–Crippen LogP) is 2.79. The summed E-state index contributed by atoms with van der Waals surface area (Å²) in [5.41, 5.74) is 2.45. The smallest absolute Gasteiger partial charge is 0.146 e. The van der Waals surface area contributed by atoms with E-state index < -0.39 is 0 Å². The van der Waals surface area contributed by atoms with Crippen LogP contribution in [0.25, 0.3) is 0 Å². The SMILES string of the molecule is Cc1cc(Nc2c(C#N)c(C)nn2C)ccc1F. The van der Waals surface area contributed by atoms with Crippen molar-refractivity contribution in [3.05, 3.63) is 40.8 Å². The number of hydrogen-bond acceptors (Lipinski definition) is 3. The van der Waals surface area contributed by atoms with Crippen molar-refractivity contribution in [1.29, 1.82) is 5.26 Å². The number of rotatable bonds is 2. The molecule has 18 heavy (non-hydrogen) atoms. The fourth-order valence-corrected chi connectivity index (χ4v) is 1.79. The second kappa shape index (κ2) is 4.49. The Bertz CT molecular complexity index is 637. The van der Waals surface area contributed by atoms with E-state index in [1.165, 1.54) is 6.07 Å². The summed E-state index contributed by atoms with van der Waals surface area (Å²) in [7, 11) is 1.76. The highest BCUT2D eigenvalue weighted by atomic mass is 19.1. The van der Waals surface area contributed by atoms with E-state index in [1.54, 1.807) is 37.7 Å². The molecule has 1 N–H and O–H groups in total. The predicted molar refractivity (Wildman–Crippen MR) is 67.1 cm³/mol. The zero-order chi connectivity index (χ0) is 13.3. The number of nitrogens with zero attached hydrogens (tertiary/aromatic N) is 3. The average molecular weight is 244 g/mol. The molecule has 0 amide bonds. The van der Waals surface area contributed by atoms with Crippen molar-refractivity contribution in [3.63, 3.8) is 0 Å². The maximum absolute atomic E-state index is 13.2. The van der Waals surface area contributed by atoms with Crippen LogP contribution in [0.2, 0.25) is 0 Å². The molecule has 0 fully saturated rings. The summed E-state index contributed by atoms with van der Waals surface area (Å²) in [5.74, 6) is 0.364. The van der Waals surface area contributed by atoms with E-state index in [0.717, 1.165) is 5.69 Å². The van der Waals surface area contributed by atoms with Crippen LogP contribution in [0.5, 0.6) is 0 Å². The molecule has 0 aliphatic carbocycles.